The number of para-hydroxylation sites is 1. The number of piperazine rings is 1. The molecule has 1 fully saturated rings. The molecule has 2 aromatic carbocycles. The number of carboxylic acid groups (broad SMARTS) is 1. The monoisotopic (exact) mass is 508 g/mol. The fraction of sp³-hybridized carbons (Fsp3) is 0.261. The van der Waals surface area contributed by atoms with Crippen molar-refractivity contribution in [3.05, 3.63) is 48.5 Å². The number of carboxylic acids is 1. The van der Waals surface area contributed by atoms with Crippen LogP contribution in [0.2, 0.25) is 0 Å². The van der Waals surface area contributed by atoms with E-state index in [1.54, 1.807) is 18.2 Å². The summed E-state index contributed by atoms with van der Waals surface area (Å²) in [6.45, 7) is 3.54. The maximum absolute atomic E-state index is 11.3. The van der Waals surface area contributed by atoms with Crippen LogP contribution in [0.25, 0.3) is 22.5 Å². The molecule has 0 saturated carbocycles. The molecule has 0 radical (unpaired) electrons. The van der Waals surface area contributed by atoms with Gasteiger partial charge in [-0.15, -0.1) is 0 Å². The molecule has 1 saturated heterocycles. The molecule has 4 rings (SSSR count). The molecule has 10 nitrogen and oxygen atoms in total. The first-order valence-corrected chi connectivity index (χ1v) is 10.6. The number of nitrogens with one attached hydrogen (secondary N) is 2. The number of aromatic nitrogens is 1. The molecule has 0 unspecified atom stereocenters. The quantitative estimate of drug-likeness (QED) is 0.413. The number of hydrogen-bond donors (Lipinski definition) is 4. The molecule has 36 heavy (non-hydrogen) atoms. The summed E-state index contributed by atoms with van der Waals surface area (Å²) in [4.78, 5) is 22.4. The number of alkyl halides is 3. The maximum Gasteiger partial charge on any atom is 0.490 e. The second-order valence-electron chi connectivity index (χ2n) is 7.48. The number of carbonyl (C=O) groups is 2. The lowest BCUT2D eigenvalue weighted by molar-refractivity contribution is -0.192. The number of anilines is 2. The minimum Gasteiger partial charge on any atom is -0.507 e. The van der Waals surface area contributed by atoms with Crippen molar-refractivity contribution in [3.8, 4) is 28.2 Å². The van der Waals surface area contributed by atoms with Crippen molar-refractivity contribution in [1.82, 2.24) is 10.5 Å². The van der Waals surface area contributed by atoms with Crippen LogP contribution in [0.15, 0.2) is 53.1 Å². The van der Waals surface area contributed by atoms with Crippen LogP contribution in [0.5, 0.6) is 5.75 Å². The van der Waals surface area contributed by atoms with E-state index in [-0.39, 0.29) is 5.75 Å². The Kier molecular flexibility index (Phi) is 8.38. The third-order valence-electron chi connectivity index (χ3n) is 5.11. The molecule has 0 atom stereocenters. The SMILES string of the molecule is COC(=O)Nc1ccc(-c2cccc(-c3cc(N4CCNCC4)no3)c2O)cc1.O=C(O)C(F)(F)F. The van der Waals surface area contributed by atoms with Crippen molar-refractivity contribution in [3.63, 3.8) is 0 Å². The van der Waals surface area contributed by atoms with Gasteiger partial charge in [0.25, 0.3) is 0 Å². The molecule has 1 aliphatic heterocycles. The minimum atomic E-state index is -5.08. The number of benzene rings is 2. The molecule has 1 aromatic heterocycles. The molecule has 3 aromatic rings. The van der Waals surface area contributed by atoms with Crippen LogP contribution in [0.3, 0.4) is 0 Å². The van der Waals surface area contributed by atoms with E-state index in [0.717, 1.165) is 37.6 Å². The van der Waals surface area contributed by atoms with Crippen LogP contribution in [-0.2, 0) is 9.53 Å². The summed E-state index contributed by atoms with van der Waals surface area (Å²) < 4.78 is 41.8. The Morgan fingerprint density at radius 3 is 2.31 bits per heavy atom. The third-order valence-corrected chi connectivity index (χ3v) is 5.11. The minimum absolute atomic E-state index is 0.115. The average molecular weight is 508 g/mol. The highest BCUT2D eigenvalue weighted by molar-refractivity contribution is 5.86. The zero-order valence-corrected chi connectivity index (χ0v) is 19.0. The van der Waals surface area contributed by atoms with E-state index < -0.39 is 18.2 Å². The first-order valence-electron chi connectivity index (χ1n) is 10.6. The zero-order valence-electron chi connectivity index (χ0n) is 19.0. The molecule has 192 valence electrons. The summed E-state index contributed by atoms with van der Waals surface area (Å²) in [5.41, 5.74) is 2.65. The van der Waals surface area contributed by atoms with E-state index in [4.69, 9.17) is 14.4 Å². The molecular formula is C23H23F3N4O6. The maximum atomic E-state index is 11.3. The number of phenolic OH excluding ortho intramolecular Hbond substituents is 1. The Hall–Kier alpha value is -4.26. The van der Waals surface area contributed by atoms with E-state index in [9.17, 15) is 23.1 Å². The predicted octanol–water partition coefficient (Wildman–Crippen LogP) is 3.94. The summed E-state index contributed by atoms with van der Waals surface area (Å²) in [5, 5.41) is 28.1. The van der Waals surface area contributed by atoms with Gasteiger partial charge in [0.1, 0.15) is 5.75 Å². The molecule has 1 amide bonds. The van der Waals surface area contributed by atoms with Crippen LogP contribution >= 0.6 is 0 Å². The number of amides is 1. The van der Waals surface area contributed by atoms with Crippen molar-refractivity contribution in [2.24, 2.45) is 0 Å². The topological polar surface area (TPSA) is 137 Å². The number of aromatic hydroxyl groups is 1. The van der Waals surface area contributed by atoms with Crippen molar-refractivity contribution >= 4 is 23.6 Å². The fourth-order valence-electron chi connectivity index (χ4n) is 3.31. The number of rotatable bonds is 4. The largest absolute Gasteiger partial charge is 0.507 e. The standard InChI is InChI=1S/C21H22N4O4.C2HF3O2/c1-28-21(27)23-15-7-5-14(6-8-15)16-3-2-4-17(20(16)26)18-13-19(24-29-18)25-11-9-22-10-12-25;3-2(4,5)1(6)7/h2-8,13,22,26H,9-12H2,1H3,(H,23,27);(H,6,7). The van der Waals surface area contributed by atoms with E-state index in [0.29, 0.717) is 22.6 Å². The Balaban J connectivity index is 0.000000454. The molecule has 4 N–H and O–H groups in total. The Morgan fingerprint density at radius 1 is 1.11 bits per heavy atom. The smallest absolute Gasteiger partial charge is 0.490 e. The second kappa shape index (κ2) is 11.4. The summed E-state index contributed by atoms with van der Waals surface area (Å²) in [7, 11) is 1.31. The lowest BCUT2D eigenvalue weighted by Gasteiger charge is -2.26. The number of hydrogen-bond acceptors (Lipinski definition) is 8. The van der Waals surface area contributed by atoms with Crippen LogP contribution in [0, 0.1) is 0 Å². The molecule has 0 bridgehead atoms. The van der Waals surface area contributed by atoms with Crippen LogP contribution < -0.4 is 15.5 Å². The average Bonchev–Trinajstić information content (AvgIpc) is 3.35. The van der Waals surface area contributed by atoms with E-state index in [1.165, 1.54) is 7.11 Å². The lowest BCUT2D eigenvalue weighted by atomic mass is 10.00. The molecule has 13 heteroatoms. The molecule has 0 aliphatic carbocycles. The number of methoxy groups -OCH3 is 1. The first kappa shape index (κ1) is 26.3. The Labute approximate surface area is 203 Å². The lowest BCUT2D eigenvalue weighted by Crippen LogP contribution is -2.43. The van der Waals surface area contributed by atoms with Gasteiger partial charge >= 0.3 is 18.2 Å². The fourth-order valence-corrected chi connectivity index (χ4v) is 3.31. The number of aliphatic carboxylic acids is 1. The second-order valence-corrected chi connectivity index (χ2v) is 7.48. The number of carbonyl (C=O) groups excluding carboxylic acids is 1. The van der Waals surface area contributed by atoms with Crippen molar-refractivity contribution in [2.45, 2.75) is 6.18 Å². The number of halogens is 3. The van der Waals surface area contributed by atoms with Gasteiger partial charge in [-0.2, -0.15) is 13.2 Å². The Bertz CT molecular complexity index is 1190. The molecular weight excluding hydrogens is 485 g/mol. The van der Waals surface area contributed by atoms with E-state index in [1.807, 2.05) is 30.3 Å². The number of phenols is 1. The van der Waals surface area contributed by atoms with E-state index >= 15 is 0 Å². The van der Waals surface area contributed by atoms with Crippen molar-refractivity contribution < 1.29 is 42.2 Å². The zero-order chi connectivity index (χ0) is 26.3. The number of nitrogens with zero attached hydrogens (tertiary/aromatic N) is 2. The molecule has 2 heterocycles. The van der Waals surface area contributed by atoms with Crippen LogP contribution in [0.1, 0.15) is 0 Å². The van der Waals surface area contributed by atoms with Gasteiger partial charge in [-0.3, -0.25) is 5.32 Å². The van der Waals surface area contributed by atoms with Crippen LogP contribution in [-0.4, -0.2) is 66.9 Å². The predicted molar refractivity (Wildman–Crippen MR) is 124 cm³/mol. The third kappa shape index (κ3) is 6.66. The normalized spacial score (nSPS) is 13.4. The number of ether oxygens (including phenoxy) is 1. The highest BCUT2D eigenvalue weighted by Crippen LogP contribution is 2.39. The Morgan fingerprint density at radius 2 is 1.72 bits per heavy atom. The molecule has 0 spiro atoms. The van der Waals surface area contributed by atoms with Gasteiger partial charge in [0, 0.05) is 43.5 Å². The van der Waals surface area contributed by atoms with Crippen molar-refractivity contribution in [2.75, 3.05) is 43.5 Å². The van der Waals surface area contributed by atoms with Gasteiger partial charge in [-0.05, 0) is 23.8 Å². The first-order chi connectivity index (χ1) is 17.1. The summed E-state index contributed by atoms with van der Waals surface area (Å²) in [6, 6.07) is 14.5. The van der Waals surface area contributed by atoms with Gasteiger partial charge < -0.3 is 29.7 Å². The van der Waals surface area contributed by atoms with Gasteiger partial charge in [-0.1, -0.05) is 29.4 Å². The van der Waals surface area contributed by atoms with Gasteiger partial charge in [0.2, 0.25) is 0 Å². The molecule has 1 aliphatic rings. The van der Waals surface area contributed by atoms with E-state index in [2.05, 4.69) is 25.4 Å². The highest BCUT2D eigenvalue weighted by atomic mass is 19.4. The van der Waals surface area contributed by atoms with Gasteiger partial charge in [0.15, 0.2) is 11.6 Å². The van der Waals surface area contributed by atoms with Gasteiger partial charge in [-0.25, -0.2) is 9.59 Å². The van der Waals surface area contributed by atoms with Crippen molar-refractivity contribution in [1.29, 1.82) is 0 Å². The highest BCUT2D eigenvalue weighted by Gasteiger charge is 2.38. The summed E-state index contributed by atoms with van der Waals surface area (Å²) in [6.07, 6.45) is -5.62. The summed E-state index contributed by atoms with van der Waals surface area (Å²) >= 11 is 0. The van der Waals surface area contributed by atoms with Crippen LogP contribution in [0.4, 0.5) is 29.5 Å². The summed E-state index contributed by atoms with van der Waals surface area (Å²) in [5.74, 6) is -1.36. The van der Waals surface area contributed by atoms with Gasteiger partial charge in [0.05, 0.1) is 12.7 Å².